The van der Waals surface area contributed by atoms with E-state index in [1.54, 1.807) is 12.1 Å². The van der Waals surface area contributed by atoms with Gasteiger partial charge >= 0.3 is 0 Å². The lowest BCUT2D eigenvalue weighted by Crippen LogP contribution is -2.47. The molecule has 19 heavy (non-hydrogen) atoms. The van der Waals surface area contributed by atoms with Crippen LogP contribution in [0, 0.1) is 5.82 Å². The monoisotopic (exact) mass is 262 g/mol. The van der Waals surface area contributed by atoms with E-state index in [0.29, 0.717) is 11.9 Å². The van der Waals surface area contributed by atoms with E-state index in [0.717, 1.165) is 24.8 Å². The number of benzene rings is 1. The van der Waals surface area contributed by atoms with Crippen LogP contribution in [0.4, 0.5) is 4.39 Å². The molecule has 100 valence electrons. The highest BCUT2D eigenvalue weighted by Gasteiger charge is 2.32. The van der Waals surface area contributed by atoms with Crippen molar-refractivity contribution in [3.8, 4) is 0 Å². The molecule has 0 saturated heterocycles. The first-order valence-corrected chi connectivity index (χ1v) is 6.37. The number of hydrogen-bond donors (Lipinski definition) is 2. The Morgan fingerprint density at radius 1 is 1.16 bits per heavy atom. The molecule has 2 N–H and O–H groups in total. The van der Waals surface area contributed by atoms with Gasteiger partial charge in [0.05, 0.1) is 6.54 Å². The second-order valence-electron chi connectivity index (χ2n) is 4.93. The summed E-state index contributed by atoms with van der Waals surface area (Å²) in [6, 6.07) is 6.34. The Morgan fingerprint density at radius 2 is 1.84 bits per heavy atom. The molecule has 1 aliphatic carbocycles. The molecule has 2 aliphatic rings. The Bertz CT molecular complexity index is 547. The molecular weight excluding hydrogens is 247 g/mol. The Labute approximate surface area is 110 Å². The molecule has 1 fully saturated rings. The van der Waals surface area contributed by atoms with E-state index in [1.807, 2.05) is 4.90 Å². The Morgan fingerprint density at radius 3 is 2.42 bits per heavy atom. The topological polar surface area (TPSA) is 56.1 Å². The molecule has 0 spiro atoms. The van der Waals surface area contributed by atoms with E-state index in [-0.39, 0.29) is 24.0 Å². The molecule has 0 bridgehead atoms. The SMILES string of the molecule is OC1=C(O)N=C(c2ccc(F)cc2)N(C2CCC2)C1. The zero-order valence-electron chi connectivity index (χ0n) is 10.4. The molecule has 0 unspecified atom stereocenters. The van der Waals surface area contributed by atoms with Crippen LogP contribution >= 0.6 is 0 Å². The van der Waals surface area contributed by atoms with E-state index in [2.05, 4.69) is 4.99 Å². The number of halogens is 1. The van der Waals surface area contributed by atoms with Crippen LogP contribution < -0.4 is 0 Å². The summed E-state index contributed by atoms with van der Waals surface area (Å²) in [4.78, 5) is 6.03. The first kappa shape index (κ1) is 12.0. The first-order chi connectivity index (χ1) is 9.15. The van der Waals surface area contributed by atoms with Gasteiger partial charge in [0.15, 0.2) is 5.76 Å². The molecule has 4 nitrogen and oxygen atoms in total. The van der Waals surface area contributed by atoms with Crippen LogP contribution in [-0.4, -0.2) is 33.5 Å². The number of nitrogens with zero attached hydrogens (tertiary/aromatic N) is 2. The minimum Gasteiger partial charge on any atom is -0.506 e. The Hall–Kier alpha value is -2.04. The minimum atomic E-state index is -0.352. The molecule has 1 heterocycles. The van der Waals surface area contributed by atoms with Gasteiger partial charge in [-0.25, -0.2) is 4.39 Å². The van der Waals surface area contributed by atoms with Crippen molar-refractivity contribution in [1.29, 1.82) is 0 Å². The van der Waals surface area contributed by atoms with E-state index in [4.69, 9.17) is 0 Å². The second-order valence-corrected chi connectivity index (χ2v) is 4.93. The average molecular weight is 262 g/mol. The third kappa shape index (κ3) is 2.16. The summed E-state index contributed by atoms with van der Waals surface area (Å²) in [5.41, 5.74) is 0.743. The van der Waals surface area contributed by atoms with E-state index in [1.165, 1.54) is 12.1 Å². The highest BCUT2D eigenvalue weighted by Crippen LogP contribution is 2.29. The second kappa shape index (κ2) is 4.57. The molecule has 0 amide bonds. The van der Waals surface area contributed by atoms with Gasteiger partial charge in [0, 0.05) is 11.6 Å². The van der Waals surface area contributed by atoms with Gasteiger partial charge in [0.25, 0.3) is 5.88 Å². The van der Waals surface area contributed by atoms with Crippen LogP contribution in [-0.2, 0) is 0 Å². The lowest BCUT2D eigenvalue weighted by atomic mass is 9.90. The number of hydrogen-bond acceptors (Lipinski definition) is 4. The van der Waals surface area contributed by atoms with Crippen molar-refractivity contribution in [1.82, 2.24) is 4.90 Å². The molecule has 0 aromatic heterocycles. The summed E-state index contributed by atoms with van der Waals surface area (Å²) in [6.07, 6.45) is 3.26. The van der Waals surface area contributed by atoms with Gasteiger partial charge in [-0.1, -0.05) is 0 Å². The number of rotatable bonds is 2. The summed E-state index contributed by atoms with van der Waals surface area (Å²) in [7, 11) is 0. The molecule has 1 aliphatic heterocycles. The van der Waals surface area contributed by atoms with Gasteiger partial charge in [-0.3, -0.25) is 0 Å². The molecule has 1 aromatic rings. The van der Waals surface area contributed by atoms with Gasteiger partial charge in [-0.2, -0.15) is 4.99 Å². The molecule has 0 radical (unpaired) electrons. The van der Waals surface area contributed by atoms with Crippen LogP contribution in [0.25, 0.3) is 0 Å². The first-order valence-electron chi connectivity index (χ1n) is 6.37. The maximum atomic E-state index is 13.0. The zero-order chi connectivity index (χ0) is 13.4. The van der Waals surface area contributed by atoms with Crippen molar-refractivity contribution in [3.63, 3.8) is 0 Å². The number of amidine groups is 1. The summed E-state index contributed by atoms with van der Waals surface area (Å²) in [5, 5.41) is 19.2. The number of aliphatic hydroxyl groups is 2. The minimum absolute atomic E-state index is 0.113. The summed E-state index contributed by atoms with van der Waals surface area (Å²) in [6.45, 7) is 0.257. The predicted molar refractivity (Wildman–Crippen MR) is 69.6 cm³/mol. The maximum Gasteiger partial charge on any atom is 0.253 e. The van der Waals surface area contributed by atoms with Gasteiger partial charge in [0.2, 0.25) is 0 Å². The van der Waals surface area contributed by atoms with Gasteiger partial charge in [-0.15, -0.1) is 0 Å². The number of aliphatic hydroxyl groups excluding tert-OH is 2. The van der Waals surface area contributed by atoms with Crippen molar-refractivity contribution in [3.05, 3.63) is 47.3 Å². The fourth-order valence-corrected chi connectivity index (χ4v) is 2.37. The van der Waals surface area contributed by atoms with Crippen molar-refractivity contribution in [2.75, 3.05) is 6.54 Å². The average Bonchev–Trinajstić information content (AvgIpc) is 2.32. The molecule has 1 aromatic carbocycles. The quantitative estimate of drug-likeness (QED) is 0.861. The third-order valence-corrected chi connectivity index (χ3v) is 3.68. The molecule has 1 saturated carbocycles. The van der Waals surface area contributed by atoms with Crippen molar-refractivity contribution in [2.45, 2.75) is 25.3 Å². The molecule has 5 heteroatoms. The van der Waals surface area contributed by atoms with Crippen LogP contribution in [0.1, 0.15) is 24.8 Å². The summed E-state index contributed by atoms with van der Waals surface area (Å²) in [5.74, 6) is -0.175. The lowest BCUT2D eigenvalue weighted by molar-refractivity contribution is 0.182. The fourth-order valence-electron chi connectivity index (χ4n) is 2.37. The lowest BCUT2D eigenvalue weighted by Gasteiger charge is -2.40. The van der Waals surface area contributed by atoms with Gasteiger partial charge in [0.1, 0.15) is 11.7 Å². The summed E-state index contributed by atoms with van der Waals surface area (Å²) >= 11 is 0. The Balaban J connectivity index is 1.98. The highest BCUT2D eigenvalue weighted by molar-refractivity contribution is 6.00. The fraction of sp³-hybridized carbons (Fsp3) is 0.357. The van der Waals surface area contributed by atoms with Gasteiger partial charge in [-0.05, 0) is 43.5 Å². The molecular formula is C14H15FN2O2. The predicted octanol–water partition coefficient (Wildman–Crippen LogP) is 2.73. The van der Waals surface area contributed by atoms with Crippen molar-refractivity contribution in [2.24, 2.45) is 4.99 Å². The van der Waals surface area contributed by atoms with E-state index in [9.17, 15) is 14.6 Å². The molecule has 0 atom stereocenters. The summed E-state index contributed by atoms with van der Waals surface area (Å²) < 4.78 is 13.0. The largest absolute Gasteiger partial charge is 0.506 e. The highest BCUT2D eigenvalue weighted by atomic mass is 19.1. The van der Waals surface area contributed by atoms with Crippen molar-refractivity contribution >= 4 is 5.84 Å². The molecule has 3 rings (SSSR count). The standard InChI is InChI=1S/C14H15FN2O2/c15-10-6-4-9(5-7-10)13-16-14(19)12(18)8-17(13)11-2-1-3-11/h4-7,11,18-19H,1-3,8H2. The van der Waals surface area contributed by atoms with E-state index < -0.39 is 0 Å². The van der Waals surface area contributed by atoms with E-state index >= 15 is 0 Å². The smallest absolute Gasteiger partial charge is 0.253 e. The Kier molecular flexibility index (Phi) is 2.89. The van der Waals surface area contributed by atoms with Crippen LogP contribution in [0.2, 0.25) is 0 Å². The maximum absolute atomic E-state index is 13.0. The third-order valence-electron chi connectivity index (χ3n) is 3.68. The van der Waals surface area contributed by atoms with Crippen LogP contribution in [0.15, 0.2) is 40.9 Å². The number of aliphatic imine (C=N–C) groups is 1. The zero-order valence-corrected chi connectivity index (χ0v) is 10.4. The van der Waals surface area contributed by atoms with Gasteiger partial charge < -0.3 is 15.1 Å². The van der Waals surface area contributed by atoms with Crippen LogP contribution in [0.3, 0.4) is 0 Å². The normalized spacial score (nSPS) is 20.3. The van der Waals surface area contributed by atoms with Crippen LogP contribution in [0.5, 0.6) is 0 Å². The van der Waals surface area contributed by atoms with Crippen molar-refractivity contribution < 1.29 is 14.6 Å².